The smallest absolute Gasteiger partial charge is 0.245 e. The zero-order valence-electron chi connectivity index (χ0n) is 9.16. The average Bonchev–Trinajstić information content (AvgIpc) is 2.84. The molecule has 17 heavy (non-hydrogen) atoms. The molecule has 3 rings (SSSR count). The lowest BCUT2D eigenvalue weighted by molar-refractivity contribution is -0.127. The van der Waals surface area contributed by atoms with Crippen LogP contribution in [0.5, 0.6) is 0 Å². The van der Waals surface area contributed by atoms with Crippen LogP contribution in [0.1, 0.15) is 18.7 Å². The van der Waals surface area contributed by atoms with Gasteiger partial charge >= 0.3 is 0 Å². The molecule has 1 atom stereocenters. The van der Waals surface area contributed by atoms with Crippen molar-refractivity contribution in [2.75, 3.05) is 6.54 Å². The maximum Gasteiger partial charge on any atom is 0.245 e. The molecule has 2 aliphatic heterocycles. The Bertz CT molecular complexity index is 541. The molecule has 0 bridgehead atoms. The molecule has 3 heterocycles. The minimum absolute atomic E-state index is 0.0694. The van der Waals surface area contributed by atoms with Gasteiger partial charge in [-0.2, -0.15) is 5.21 Å². The number of carbonyl (C=O) groups is 1. The number of nitrogens with zero attached hydrogens (tertiary/aromatic N) is 5. The molecule has 1 N–H and O–H groups in total. The number of fused-ring (bicyclic) bond motifs is 1. The summed E-state index contributed by atoms with van der Waals surface area (Å²) in [5.41, 5.74) is 0.979. The summed E-state index contributed by atoms with van der Waals surface area (Å²) in [7, 11) is 0. The van der Waals surface area contributed by atoms with Crippen molar-refractivity contribution < 1.29 is 4.79 Å². The lowest BCUT2D eigenvalue weighted by Crippen LogP contribution is -2.42. The third-order valence-corrected chi connectivity index (χ3v) is 2.79. The van der Waals surface area contributed by atoms with E-state index in [2.05, 4.69) is 25.6 Å². The van der Waals surface area contributed by atoms with E-state index in [1.165, 1.54) is 0 Å². The number of hydrogen-bond donors (Lipinski definition) is 1. The fourth-order valence-corrected chi connectivity index (χ4v) is 1.92. The quantitative estimate of drug-likeness (QED) is 0.735. The van der Waals surface area contributed by atoms with E-state index >= 15 is 0 Å². The number of allylic oxidation sites excluding steroid dienone is 2. The lowest BCUT2D eigenvalue weighted by atomic mass is 10.0. The van der Waals surface area contributed by atoms with Crippen LogP contribution in [-0.2, 0) is 4.79 Å². The van der Waals surface area contributed by atoms with Crippen LogP contribution in [0.15, 0.2) is 28.9 Å². The summed E-state index contributed by atoms with van der Waals surface area (Å²) < 4.78 is 0. The van der Waals surface area contributed by atoms with Crippen molar-refractivity contribution in [1.82, 2.24) is 25.5 Å². The highest BCUT2D eigenvalue weighted by atomic mass is 16.2. The topological polar surface area (TPSA) is 87.1 Å². The van der Waals surface area contributed by atoms with E-state index in [4.69, 9.17) is 0 Å². The number of amides is 1. The van der Waals surface area contributed by atoms with Crippen molar-refractivity contribution in [3.63, 3.8) is 0 Å². The SMILES string of the molecule is CC1=CC=CN2C(=O)C(c3nn[nH]n3)CN=C12. The first-order valence-corrected chi connectivity index (χ1v) is 5.23. The Hall–Kier alpha value is -2.31. The Morgan fingerprint density at radius 2 is 2.41 bits per heavy atom. The zero-order chi connectivity index (χ0) is 11.8. The van der Waals surface area contributed by atoms with Gasteiger partial charge in [-0.1, -0.05) is 11.3 Å². The van der Waals surface area contributed by atoms with Crippen LogP contribution in [0.25, 0.3) is 0 Å². The molecule has 0 saturated heterocycles. The van der Waals surface area contributed by atoms with Gasteiger partial charge < -0.3 is 0 Å². The van der Waals surface area contributed by atoms with Crippen LogP contribution in [0.4, 0.5) is 0 Å². The molecular weight excluding hydrogens is 220 g/mol. The van der Waals surface area contributed by atoms with Gasteiger partial charge in [-0.05, 0) is 18.6 Å². The molecule has 0 saturated carbocycles. The molecule has 0 radical (unpaired) electrons. The third kappa shape index (κ3) is 1.47. The monoisotopic (exact) mass is 230 g/mol. The number of tetrazole rings is 1. The summed E-state index contributed by atoms with van der Waals surface area (Å²) in [6, 6.07) is 0. The van der Waals surface area contributed by atoms with Gasteiger partial charge in [0.1, 0.15) is 11.8 Å². The normalized spacial score (nSPS) is 23.2. The summed E-state index contributed by atoms with van der Waals surface area (Å²) in [6.07, 6.45) is 5.46. The first kappa shape index (κ1) is 9.88. The Morgan fingerprint density at radius 1 is 1.53 bits per heavy atom. The molecule has 1 aromatic rings. The fourth-order valence-electron chi connectivity index (χ4n) is 1.92. The summed E-state index contributed by atoms with van der Waals surface area (Å²) in [5.74, 6) is 0.573. The molecule has 1 amide bonds. The third-order valence-electron chi connectivity index (χ3n) is 2.79. The van der Waals surface area contributed by atoms with E-state index in [9.17, 15) is 4.79 Å². The number of carbonyl (C=O) groups excluding carboxylic acids is 1. The van der Waals surface area contributed by atoms with E-state index in [1.807, 2.05) is 19.1 Å². The Morgan fingerprint density at radius 3 is 3.18 bits per heavy atom. The minimum Gasteiger partial charge on any atom is -0.273 e. The number of amidine groups is 1. The molecule has 0 aromatic carbocycles. The van der Waals surface area contributed by atoms with Crippen molar-refractivity contribution in [3.05, 3.63) is 29.7 Å². The number of H-pyrrole nitrogens is 1. The molecule has 0 fully saturated rings. The van der Waals surface area contributed by atoms with E-state index in [-0.39, 0.29) is 5.91 Å². The average molecular weight is 230 g/mol. The lowest BCUT2D eigenvalue weighted by Gasteiger charge is -2.30. The van der Waals surface area contributed by atoms with Gasteiger partial charge in [-0.25, -0.2) is 0 Å². The largest absolute Gasteiger partial charge is 0.273 e. The Labute approximate surface area is 96.9 Å². The predicted molar refractivity (Wildman–Crippen MR) is 59.0 cm³/mol. The number of aliphatic imine (C=N–C) groups is 1. The van der Waals surface area contributed by atoms with Crippen LogP contribution in [-0.4, -0.2) is 43.8 Å². The van der Waals surface area contributed by atoms with Crippen molar-refractivity contribution in [2.45, 2.75) is 12.8 Å². The summed E-state index contributed by atoms with van der Waals surface area (Å²) in [5, 5.41) is 13.5. The van der Waals surface area contributed by atoms with Crippen molar-refractivity contribution in [1.29, 1.82) is 0 Å². The van der Waals surface area contributed by atoms with Crippen LogP contribution in [0.3, 0.4) is 0 Å². The molecule has 7 nitrogen and oxygen atoms in total. The summed E-state index contributed by atoms with van der Waals surface area (Å²) >= 11 is 0. The van der Waals surface area contributed by atoms with Crippen LogP contribution >= 0.6 is 0 Å². The fraction of sp³-hybridized carbons (Fsp3) is 0.300. The number of aromatic amines is 1. The van der Waals surface area contributed by atoms with Gasteiger partial charge in [0.25, 0.3) is 0 Å². The zero-order valence-corrected chi connectivity index (χ0v) is 9.16. The molecule has 1 aromatic heterocycles. The van der Waals surface area contributed by atoms with Crippen LogP contribution < -0.4 is 0 Å². The minimum atomic E-state index is -0.451. The Balaban J connectivity index is 1.98. The first-order valence-electron chi connectivity index (χ1n) is 5.23. The van der Waals surface area contributed by atoms with E-state index in [0.29, 0.717) is 18.2 Å². The molecule has 7 heteroatoms. The second-order valence-electron chi connectivity index (χ2n) is 3.89. The van der Waals surface area contributed by atoms with Gasteiger partial charge in [0.05, 0.1) is 6.54 Å². The molecule has 1 unspecified atom stereocenters. The number of aromatic nitrogens is 4. The van der Waals surface area contributed by atoms with E-state index in [1.54, 1.807) is 11.1 Å². The van der Waals surface area contributed by atoms with Gasteiger partial charge in [-0.15, -0.1) is 10.2 Å². The number of hydrogen-bond acceptors (Lipinski definition) is 5. The second-order valence-corrected chi connectivity index (χ2v) is 3.89. The van der Waals surface area contributed by atoms with Gasteiger partial charge in [0, 0.05) is 6.20 Å². The highest BCUT2D eigenvalue weighted by molar-refractivity contribution is 6.12. The maximum absolute atomic E-state index is 12.2. The summed E-state index contributed by atoms with van der Waals surface area (Å²) in [6.45, 7) is 2.29. The van der Waals surface area contributed by atoms with Gasteiger partial charge in [-0.3, -0.25) is 14.7 Å². The standard InChI is InChI=1S/C10H10N6O/c1-6-3-2-4-16-9(6)11-5-7(10(16)17)8-12-14-15-13-8/h2-4,7H,5H2,1H3,(H,12,13,14,15). The predicted octanol–water partition coefficient (Wildman–Crippen LogP) is -0.00240. The molecular formula is C10H10N6O. The highest BCUT2D eigenvalue weighted by Crippen LogP contribution is 2.24. The van der Waals surface area contributed by atoms with Crippen molar-refractivity contribution in [2.24, 2.45) is 4.99 Å². The molecule has 0 spiro atoms. The van der Waals surface area contributed by atoms with Gasteiger partial charge in [0.2, 0.25) is 5.91 Å². The Kier molecular flexibility index (Phi) is 2.10. The molecule has 2 aliphatic rings. The maximum atomic E-state index is 12.2. The van der Waals surface area contributed by atoms with E-state index < -0.39 is 5.92 Å². The van der Waals surface area contributed by atoms with Gasteiger partial charge in [0.15, 0.2) is 5.82 Å². The highest BCUT2D eigenvalue weighted by Gasteiger charge is 2.35. The van der Waals surface area contributed by atoms with Crippen molar-refractivity contribution >= 4 is 11.7 Å². The van der Waals surface area contributed by atoms with Crippen LogP contribution in [0, 0.1) is 0 Å². The first-order chi connectivity index (χ1) is 8.27. The second kappa shape index (κ2) is 3.62. The number of nitrogens with one attached hydrogen (secondary N) is 1. The van der Waals surface area contributed by atoms with Crippen molar-refractivity contribution in [3.8, 4) is 0 Å². The number of rotatable bonds is 1. The molecule has 0 aliphatic carbocycles. The molecule has 86 valence electrons. The van der Waals surface area contributed by atoms with E-state index in [0.717, 1.165) is 5.57 Å². The summed E-state index contributed by atoms with van der Waals surface area (Å²) in [4.78, 5) is 18.2. The van der Waals surface area contributed by atoms with Crippen LogP contribution in [0.2, 0.25) is 0 Å².